The highest BCUT2D eigenvalue weighted by Gasteiger charge is 2.32. The summed E-state index contributed by atoms with van der Waals surface area (Å²) in [6.45, 7) is 2.56. The van der Waals surface area contributed by atoms with Crippen LogP contribution in [0.25, 0.3) is 0 Å². The monoisotopic (exact) mass is 269 g/mol. The second kappa shape index (κ2) is 5.24. The van der Waals surface area contributed by atoms with E-state index in [2.05, 4.69) is 10.3 Å². The van der Waals surface area contributed by atoms with E-state index >= 15 is 0 Å². The smallest absolute Gasteiger partial charge is 0.246 e. The molecular weight excluding hydrogens is 250 g/mol. The summed E-state index contributed by atoms with van der Waals surface area (Å²) in [4.78, 5) is 4.33. The minimum Gasteiger partial charge on any atom is -0.372 e. The van der Waals surface area contributed by atoms with Gasteiger partial charge in [0.05, 0.1) is 0 Å². The van der Waals surface area contributed by atoms with E-state index in [4.69, 9.17) is 0 Å². The number of pyridine rings is 1. The van der Waals surface area contributed by atoms with Crippen molar-refractivity contribution >= 4 is 15.8 Å². The summed E-state index contributed by atoms with van der Waals surface area (Å²) in [7, 11) is -1.76. The predicted octanol–water partition coefficient (Wildman–Crippen LogP) is 1.69. The van der Waals surface area contributed by atoms with E-state index < -0.39 is 10.0 Å². The first-order valence-corrected chi connectivity index (χ1v) is 7.66. The van der Waals surface area contributed by atoms with Crippen LogP contribution in [0.2, 0.25) is 0 Å². The van der Waals surface area contributed by atoms with Crippen LogP contribution in [0.15, 0.2) is 23.2 Å². The molecule has 0 radical (unpaired) electrons. The lowest BCUT2D eigenvalue weighted by molar-refractivity contribution is 0.269. The zero-order valence-corrected chi connectivity index (χ0v) is 11.6. The summed E-state index contributed by atoms with van der Waals surface area (Å²) in [5.41, 5.74) is 0. The Hall–Kier alpha value is -1.14. The molecule has 1 fully saturated rings. The quantitative estimate of drug-likeness (QED) is 0.907. The van der Waals surface area contributed by atoms with E-state index in [1.807, 2.05) is 6.92 Å². The van der Waals surface area contributed by atoms with Gasteiger partial charge in [-0.05, 0) is 31.9 Å². The van der Waals surface area contributed by atoms with Crippen molar-refractivity contribution in [3.63, 3.8) is 0 Å². The maximum Gasteiger partial charge on any atom is 0.246 e. The van der Waals surface area contributed by atoms with Gasteiger partial charge in [0.1, 0.15) is 10.7 Å². The summed E-state index contributed by atoms with van der Waals surface area (Å²) in [5.74, 6) is 0.412. The summed E-state index contributed by atoms with van der Waals surface area (Å²) in [5, 5.41) is 2.84. The largest absolute Gasteiger partial charge is 0.372 e. The third-order valence-corrected chi connectivity index (χ3v) is 5.38. The molecule has 18 heavy (non-hydrogen) atoms. The minimum absolute atomic E-state index is 0.0636. The number of rotatable bonds is 3. The number of anilines is 1. The van der Waals surface area contributed by atoms with Gasteiger partial charge in [0.25, 0.3) is 0 Å². The Bertz CT molecular complexity index is 516. The van der Waals surface area contributed by atoms with Crippen LogP contribution in [0.5, 0.6) is 0 Å². The number of piperidine rings is 1. The number of nitrogens with one attached hydrogen (secondary N) is 1. The van der Waals surface area contributed by atoms with Gasteiger partial charge in [-0.1, -0.05) is 6.42 Å². The van der Waals surface area contributed by atoms with Crippen LogP contribution in [0, 0.1) is 0 Å². The van der Waals surface area contributed by atoms with Crippen LogP contribution in [0.1, 0.15) is 26.2 Å². The fraction of sp³-hybridized carbons (Fsp3) is 0.583. The summed E-state index contributed by atoms with van der Waals surface area (Å²) in [6, 6.07) is 3.33. The van der Waals surface area contributed by atoms with Gasteiger partial charge in [-0.2, -0.15) is 4.31 Å². The lowest BCUT2D eigenvalue weighted by atomic mass is 10.1. The molecule has 0 bridgehead atoms. The summed E-state index contributed by atoms with van der Waals surface area (Å²) in [6.07, 6.45) is 4.54. The molecule has 2 heterocycles. The molecule has 1 N–H and O–H groups in total. The molecule has 0 aliphatic carbocycles. The molecule has 0 saturated carbocycles. The Balaban J connectivity index is 2.41. The molecule has 0 spiro atoms. The first kappa shape index (κ1) is 13.3. The summed E-state index contributed by atoms with van der Waals surface area (Å²) < 4.78 is 26.8. The van der Waals surface area contributed by atoms with Crippen molar-refractivity contribution in [2.45, 2.75) is 37.1 Å². The second-order valence-corrected chi connectivity index (χ2v) is 6.42. The first-order valence-electron chi connectivity index (χ1n) is 6.22. The fourth-order valence-corrected chi connectivity index (χ4v) is 4.19. The van der Waals surface area contributed by atoms with E-state index in [9.17, 15) is 8.42 Å². The van der Waals surface area contributed by atoms with Crippen molar-refractivity contribution in [2.75, 3.05) is 18.9 Å². The van der Waals surface area contributed by atoms with E-state index in [1.165, 1.54) is 0 Å². The van der Waals surface area contributed by atoms with Crippen molar-refractivity contribution in [1.29, 1.82) is 0 Å². The van der Waals surface area contributed by atoms with Crippen molar-refractivity contribution in [3.8, 4) is 0 Å². The van der Waals surface area contributed by atoms with E-state index in [0.717, 1.165) is 19.3 Å². The van der Waals surface area contributed by atoms with Crippen molar-refractivity contribution in [3.05, 3.63) is 18.3 Å². The Morgan fingerprint density at radius 3 is 2.89 bits per heavy atom. The number of hydrogen-bond donors (Lipinski definition) is 1. The average molecular weight is 269 g/mol. The maximum atomic E-state index is 12.6. The first-order chi connectivity index (χ1) is 8.57. The molecule has 1 saturated heterocycles. The van der Waals surface area contributed by atoms with Crippen LogP contribution < -0.4 is 5.32 Å². The minimum atomic E-state index is -3.45. The fourth-order valence-electron chi connectivity index (χ4n) is 2.34. The summed E-state index contributed by atoms with van der Waals surface area (Å²) >= 11 is 0. The highest BCUT2D eigenvalue weighted by atomic mass is 32.2. The van der Waals surface area contributed by atoms with Crippen LogP contribution >= 0.6 is 0 Å². The lowest BCUT2D eigenvalue weighted by Gasteiger charge is -2.32. The Morgan fingerprint density at radius 1 is 1.44 bits per heavy atom. The molecule has 0 amide bonds. The average Bonchev–Trinajstić information content (AvgIpc) is 2.39. The van der Waals surface area contributed by atoms with Crippen LogP contribution in [0.4, 0.5) is 5.82 Å². The van der Waals surface area contributed by atoms with Gasteiger partial charge in [-0.25, -0.2) is 13.4 Å². The molecule has 6 heteroatoms. The Kier molecular flexibility index (Phi) is 3.87. The van der Waals surface area contributed by atoms with Gasteiger partial charge in [0, 0.05) is 25.8 Å². The highest BCUT2D eigenvalue weighted by Crippen LogP contribution is 2.27. The van der Waals surface area contributed by atoms with Gasteiger partial charge in [0.15, 0.2) is 0 Å². The Morgan fingerprint density at radius 2 is 2.22 bits per heavy atom. The van der Waals surface area contributed by atoms with Crippen LogP contribution in [-0.2, 0) is 10.0 Å². The third kappa shape index (κ3) is 2.35. The number of nitrogens with zero attached hydrogens (tertiary/aromatic N) is 2. The molecule has 1 aromatic rings. The number of hydrogen-bond acceptors (Lipinski definition) is 4. The highest BCUT2D eigenvalue weighted by molar-refractivity contribution is 7.89. The SMILES string of the molecule is CNc1ncccc1S(=O)(=O)N1CCCCC1C. The van der Waals surface area contributed by atoms with Gasteiger partial charge in [0.2, 0.25) is 10.0 Å². The van der Waals surface area contributed by atoms with Crippen molar-refractivity contribution < 1.29 is 8.42 Å². The number of sulfonamides is 1. The van der Waals surface area contributed by atoms with Crippen LogP contribution in [-0.4, -0.2) is 37.3 Å². The van der Waals surface area contributed by atoms with Crippen molar-refractivity contribution in [2.24, 2.45) is 0 Å². The normalized spacial score (nSPS) is 21.8. The molecule has 2 rings (SSSR count). The molecule has 1 atom stereocenters. The molecule has 1 aliphatic rings. The molecule has 100 valence electrons. The second-order valence-electron chi connectivity index (χ2n) is 4.56. The Labute approximate surface area is 108 Å². The molecule has 1 unspecified atom stereocenters. The zero-order valence-electron chi connectivity index (χ0n) is 10.8. The molecule has 1 aromatic heterocycles. The van der Waals surface area contributed by atoms with Gasteiger partial charge < -0.3 is 5.32 Å². The van der Waals surface area contributed by atoms with E-state index in [1.54, 1.807) is 29.7 Å². The molecule has 0 aromatic carbocycles. The standard InChI is InChI=1S/C12H19N3O2S/c1-10-6-3-4-9-15(10)18(16,17)11-7-5-8-14-12(11)13-2/h5,7-8,10H,3-4,6,9H2,1-2H3,(H,13,14). The van der Waals surface area contributed by atoms with E-state index in [-0.39, 0.29) is 10.9 Å². The molecular formula is C12H19N3O2S. The molecule has 5 nitrogen and oxygen atoms in total. The molecule has 1 aliphatic heterocycles. The van der Waals surface area contributed by atoms with E-state index in [0.29, 0.717) is 12.4 Å². The van der Waals surface area contributed by atoms with Gasteiger partial charge in [-0.3, -0.25) is 0 Å². The third-order valence-electron chi connectivity index (χ3n) is 3.34. The lowest BCUT2D eigenvalue weighted by Crippen LogP contribution is -2.42. The van der Waals surface area contributed by atoms with Gasteiger partial charge in [-0.15, -0.1) is 0 Å². The topological polar surface area (TPSA) is 62.3 Å². The zero-order chi connectivity index (χ0) is 13.2. The maximum absolute atomic E-state index is 12.6. The van der Waals surface area contributed by atoms with Gasteiger partial charge >= 0.3 is 0 Å². The predicted molar refractivity (Wildman–Crippen MR) is 71.0 cm³/mol. The van der Waals surface area contributed by atoms with Crippen molar-refractivity contribution in [1.82, 2.24) is 9.29 Å². The number of aromatic nitrogens is 1. The van der Waals surface area contributed by atoms with Crippen LogP contribution in [0.3, 0.4) is 0 Å².